The van der Waals surface area contributed by atoms with Crippen molar-refractivity contribution in [2.24, 2.45) is 5.73 Å². The Labute approximate surface area is 178 Å². The summed E-state index contributed by atoms with van der Waals surface area (Å²) in [6.45, 7) is 6.10. The number of amides is 2. The average Bonchev–Trinajstić information content (AvgIpc) is 2.63. The number of carboxylic acid groups (broad SMARTS) is 1. The molecule has 0 radical (unpaired) electrons. The largest absolute Gasteiger partial charge is 0.481 e. The summed E-state index contributed by atoms with van der Waals surface area (Å²) in [4.78, 5) is 33.6. The molecule has 4 N–H and O–H groups in total. The van der Waals surface area contributed by atoms with Crippen LogP contribution in [-0.4, -0.2) is 47.9 Å². The van der Waals surface area contributed by atoms with E-state index in [2.05, 4.69) is 5.32 Å². The van der Waals surface area contributed by atoms with Crippen molar-refractivity contribution >= 4 is 18.0 Å². The monoisotopic (exact) mass is 422 g/mol. The molecule has 1 rings (SSSR count). The number of hydrogen-bond donors (Lipinski definition) is 3. The van der Waals surface area contributed by atoms with Crippen LogP contribution in [0.3, 0.4) is 0 Å². The summed E-state index contributed by atoms with van der Waals surface area (Å²) >= 11 is 0. The van der Waals surface area contributed by atoms with Crippen molar-refractivity contribution in [1.82, 2.24) is 5.32 Å². The Balaban J connectivity index is 2.36. The molecule has 1 atom stereocenters. The first-order valence-electron chi connectivity index (χ1n) is 10.2. The third kappa shape index (κ3) is 12.8. The van der Waals surface area contributed by atoms with Gasteiger partial charge in [0, 0.05) is 19.4 Å². The third-order valence-corrected chi connectivity index (χ3v) is 4.18. The predicted molar refractivity (Wildman–Crippen MR) is 113 cm³/mol. The molecule has 0 spiro atoms. The summed E-state index contributed by atoms with van der Waals surface area (Å²) in [5, 5.41) is 11.5. The van der Waals surface area contributed by atoms with Gasteiger partial charge in [0.25, 0.3) is 0 Å². The van der Waals surface area contributed by atoms with Gasteiger partial charge in [0.15, 0.2) is 0 Å². The second-order valence-electron chi connectivity index (χ2n) is 8.24. The van der Waals surface area contributed by atoms with E-state index < -0.39 is 23.6 Å². The molecule has 0 fully saturated rings. The summed E-state index contributed by atoms with van der Waals surface area (Å²) in [5.74, 6) is -1.23. The van der Waals surface area contributed by atoms with Crippen LogP contribution in [-0.2, 0) is 31.9 Å². The van der Waals surface area contributed by atoms with E-state index in [1.54, 1.807) is 20.8 Å². The van der Waals surface area contributed by atoms with Crippen LogP contribution < -0.4 is 11.1 Å². The van der Waals surface area contributed by atoms with Gasteiger partial charge in [0.1, 0.15) is 5.60 Å². The fraction of sp³-hybridized carbons (Fsp3) is 0.591. The molecule has 0 heterocycles. The summed E-state index contributed by atoms with van der Waals surface area (Å²) in [6.07, 6.45) is 2.25. The number of hydrogen-bond acceptors (Lipinski definition) is 5. The van der Waals surface area contributed by atoms with Crippen LogP contribution in [0.1, 0.15) is 57.6 Å². The molecule has 1 aromatic carbocycles. The van der Waals surface area contributed by atoms with Gasteiger partial charge in [-0.15, -0.1) is 0 Å². The van der Waals surface area contributed by atoms with Gasteiger partial charge in [-0.25, -0.2) is 4.79 Å². The lowest BCUT2D eigenvalue weighted by Gasteiger charge is -2.23. The minimum atomic E-state index is -0.800. The molecule has 0 bridgehead atoms. The number of nitrogens with two attached hydrogens (primary N) is 1. The van der Waals surface area contributed by atoms with Crippen LogP contribution in [0.4, 0.5) is 4.79 Å². The molecular formula is C22H34N2O6. The standard InChI is InChI=1S/C22H34N2O6/c1-22(2,3)30-21(28)24-18(11-12-19(23)25)15-29-14-4-5-16-6-8-17(9-7-16)10-13-20(26)27/h6-9,18H,4-5,10-15H2,1-3H3,(H2,23,25)(H,24,28)(H,26,27)/t18-/m0/s1. The molecule has 0 aliphatic heterocycles. The number of ether oxygens (including phenoxy) is 2. The number of aryl methyl sites for hydroxylation is 2. The number of benzene rings is 1. The summed E-state index contributed by atoms with van der Waals surface area (Å²) in [6, 6.07) is 7.53. The van der Waals surface area contributed by atoms with Gasteiger partial charge < -0.3 is 25.6 Å². The van der Waals surface area contributed by atoms with Crippen LogP contribution in [0.5, 0.6) is 0 Å². The molecule has 168 valence electrons. The average molecular weight is 423 g/mol. The maximum absolute atomic E-state index is 12.0. The van der Waals surface area contributed by atoms with Crippen LogP contribution in [0.2, 0.25) is 0 Å². The SMILES string of the molecule is CC(C)(C)OC(=O)N[C@@H](CCC(N)=O)COCCCc1ccc(CCC(=O)O)cc1. The van der Waals surface area contributed by atoms with Crippen LogP contribution in [0, 0.1) is 0 Å². The lowest BCUT2D eigenvalue weighted by atomic mass is 10.0. The maximum Gasteiger partial charge on any atom is 0.407 e. The molecule has 0 saturated carbocycles. The number of primary amides is 1. The highest BCUT2D eigenvalue weighted by molar-refractivity contribution is 5.74. The Morgan fingerprint density at radius 1 is 1.07 bits per heavy atom. The van der Waals surface area contributed by atoms with Crippen molar-refractivity contribution in [2.75, 3.05) is 13.2 Å². The fourth-order valence-corrected chi connectivity index (χ4v) is 2.72. The summed E-state index contributed by atoms with van der Waals surface area (Å²) < 4.78 is 10.9. The highest BCUT2D eigenvalue weighted by Crippen LogP contribution is 2.10. The topological polar surface area (TPSA) is 128 Å². The molecule has 2 amide bonds. The Kier molecular flexibility index (Phi) is 10.9. The Bertz CT molecular complexity index is 682. The number of nitrogens with one attached hydrogen (secondary N) is 1. The lowest BCUT2D eigenvalue weighted by molar-refractivity contribution is -0.137. The van der Waals surface area contributed by atoms with E-state index in [0.29, 0.717) is 19.4 Å². The van der Waals surface area contributed by atoms with Crippen molar-refractivity contribution in [3.05, 3.63) is 35.4 Å². The summed E-state index contributed by atoms with van der Waals surface area (Å²) in [5.41, 5.74) is 6.75. The van der Waals surface area contributed by atoms with E-state index in [1.807, 2.05) is 24.3 Å². The zero-order valence-electron chi connectivity index (χ0n) is 18.1. The van der Waals surface area contributed by atoms with E-state index >= 15 is 0 Å². The van der Waals surface area contributed by atoms with Crippen molar-refractivity contribution < 1.29 is 29.0 Å². The normalized spacial score (nSPS) is 12.2. The van der Waals surface area contributed by atoms with Crippen molar-refractivity contribution in [1.29, 1.82) is 0 Å². The van der Waals surface area contributed by atoms with E-state index in [4.69, 9.17) is 20.3 Å². The smallest absolute Gasteiger partial charge is 0.407 e. The van der Waals surface area contributed by atoms with Gasteiger partial charge in [-0.05, 0) is 57.6 Å². The molecule has 0 aromatic heterocycles. The zero-order chi connectivity index (χ0) is 22.6. The molecule has 0 unspecified atom stereocenters. The van der Waals surface area contributed by atoms with Crippen LogP contribution >= 0.6 is 0 Å². The second-order valence-corrected chi connectivity index (χ2v) is 8.24. The minimum Gasteiger partial charge on any atom is -0.481 e. The third-order valence-electron chi connectivity index (χ3n) is 4.18. The summed E-state index contributed by atoms with van der Waals surface area (Å²) in [7, 11) is 0. The quantitative estimate of drug-likeness (QED) is 0.419. The first kappa shape index (κ1) is 25.4. The lowest BCUT2D eigenvalue weighted by Crippen LogP contribution is -2.42. The van der Waals surface area contributed by atoms with Crippen molar-refractivity contribution in [2.45, 2.75) is 70.9 Å². The first-order valence-corrected chi connectivity index (χ1v) is 10.2. The highest BCUT2D eigenvalue weighted by Gasteiger charge is 2.20. The van der Waals surface area contributed by atoms with Crippen molar-refractivity contribution in [3.63, 3.8) is 0 Å². The van der Waals surface area contributed by atoms with Crippen LogP contribution in [0.25, 0.3) is 0 Å². The maximum atomic E-state index is 12.0. The Morgan fingerprint density at radius 2 is 1.67 bits per heavy atom. The Morgan fingerprint density at radius 3 is 2.20 bits per heavy atom. The number of aliphatic carboxylic acids is 1. The van der Waals surface area contributed by atoms with Crippen molar-refractivity contribution in [3.8, 4) is 0 Å². The molecule has 1 aromatic rings. The van der Waals surface area contributed by atoms with E-state index in [1.165, 1.54) is 0 Å². The predicted octanol–water partition coefficient (Wildman–Crippen LogP) is 2.81. The van der Waals surface area contributed by atoms with E-state index in [-0.39, 0.29) is 25.5 Å². The number of alkyl carbamates (subject to hydrolysis) is 1. The molecule has 8 heteroatoms. The minimum absolute atomic E-state index is 0.126. The fourth-order valence-electron chi connectivity index (χ4n) is 2.72. The van der Waals surface area contributed by atoms with Gasteiger partial charge in [0.2, 0.25) is 5.91 Å². The first-order chi connectivity index (χ1) is 14.0. The zero-order valence-corrected chi connectivity index (χ0v) is 18.1. The van der Waals surface area contributed by atoms with Crippen LogP contribution in [0.15, 0.2) is 24.3 Å². The van der Waals surface area contributed by atoms with Gasteiger partial charge >= 0.3 is 12.1 Å². The molecule has 8 nitrogen and oxygen atoms in total. The molecular weight excluding hydrogens is 388 g/mol. The number of rotatable bonds is 13. The number of carbonyl (C=O) groups excluding carboxylic acids is 2. The van der Waals surface area contributed by atoms with Gasteiger partial charge in [-0.2, -0.15) is 0 Å². The molecule has 0 saturated heterocycles. The van der Waals surface area contributed by atoms with E-state index in [9.17, 15) is 14.4 Å². The molecule has 0 aliphatic rings. The Hall–Kier alpha value is -2.61. The van der Waals surface area contributed by atoms with Gasteiger partial charge in [0.05, 0.1) is 12.6 Å². The number of carboxylic acids is 1. The number of carbonyl (C=O) groups is 3. The molecule has 0 aliphatic carbocycles. The van der Waals surface area contributed by atoms with Gasteiger partial charge in [-0.1, -0.05) is 24.3 Å². The van der Waals surface area contributed by atoms with Gasteiger partial charge in [-0.3, -0.25) is 9.59 Å². The van der Waals surface area contributed by atoms with E-state index in [0.717, 1.165) is 24.0 Å². The highest BCUT2D eigenvalue weighted by atomic mass is 16.6. The second kappa shape index (κ2) is 12.8. The molecule has 30 heavy (non-hydrogen) atoms.